The highest BCUT2D eigenvalue weighted by atomic mass is 31.2. The molecule has 1 amide bonds. The number of rotatable bonds is 66. The largest absolute Gasteiger partial charge is 0.472 e. The number of aliphatic hydroxyl groups excluding tert-OH is 1. The van der Waals surface area contributed by atoms with Gasteiger partial charge in [-0.25, -0.2) is 4.57 Å². The smallest absolute Gasteiger partial charge is 0.391 e. The maximum atomic E-state index is 13.1. The molecule has 0 aliphatic carbocycles. The molecule has 3 unspecified atom stereocenters. The maximum absolute atomic E-state index is 13.1. The van der Waals surface area contributed by atoms with E-state index in [1.165, 1.54) is 315 Å². The van der Waals surface area contributed by atoms with Crippen LogP contribution in [-0.4, -0.2) is 73.4 Å². The van der Waals surface area contributed by atoms with Gasteiger partial charge in [0, 0.05) is 6.42 Å². The average Bonchev–Trinajstić information content (AvgIpc) is 3.39. The third kappa shape index (κ3) is 62.9. The van der Waals surface area contributed by atoms with Crippen molar-refractivity contribution in [1.29, 1.82) is 0 Å². The molecule has 0 aromatic rings. The first-order valence-corrected chi connectivity index (χ1v) is 36.4. The first-order valence-electron chi connectivity index (χ1n) is 34.9. The van der Waals surface area contributed by atoms with E-state index < -0.39 is 20.0 Å². The topological polar surface area (TPSA) is 105 Å². The summed E-state index contributed by atoms with van der Waals surface area (Å²) in [6, 6.07) is -0.757. The van der Waals surface area contributed by atoms with Crippen molar-refractivity contribution >= 4 is 13.7 Å². The number of phosphoric ester groups is 1. The molecule has 0 radical (unpaired) electrons. The molecule has 0 aliphatic heterocycles. The molecule has 77 heavy (non-hydrogen) atoms. The van der Waals surface area contributed by atoms with Crippen LogP contribution in [0.1, 0.15) is 380 Å². The van der Waals surface area contributed by atoms with Crippen molar-refractivity contribution in [1.82, 2.24) is 5.32 Å². The van der Waals surface area contributed by atoms with Crippen molar-refractivity contribution in [3.8, 4) is 0 Å². The summed E-state index contributed by atoms with van der Waals surface area (Å²) < 4.78 is 23.9. The number of hydrogen-bond acceptors (Lipinski definition) is 5. The number of carbonyl (C=O) groups excluding carboxylic acids is 1. The van der Waals surface area contributed by atoms with Crippen LogP contribution in [0.5, 0.6) is 0 Å². The standard InChI is InChI=1S/C68H139N2O6P/c1-6-8-10-12-14-16-18-20-22-24-26-28-30-31-32-33-34-35-36-37-38-40-41-43-45-47-49-51-53-55-57-59-61-67(71)66(65-76-77(73,74)75-64-63-70(3,4)5)69-68(72)62-60-58-56-54-52-50-48-46-44-42-39-29-27-25-23-21-19-17-15-13-11-9-7-2/h66-67,71H,6-65H2,1-5H3,(H-,69,72,73,74)/p+1. The summed E-state index contributed by atoms with van der Waals surface area (Å²) in [5.74, 6) is -0.133. The summed E-state index contributed by atoms with van der Waals surface area (Å²) in [6.07, 6.45) is 74.9. The zero-order valence-corrected chi connectivity index (χ0v) is 53.9. The normalized spacial score (nSPS) is 13.6. The van der Waals surface area contributed by atoms with Gasteiger partial charge in [0.1, 0.15) is 13.2 Å². The molecular weight excluding hydrogens is 972 g/mol. The van der Waals surface area contributed by atoms with Crippen molar-refractivity contribution in [2.75, 3.05) is 40.9 Å². The van der Waals surface area contributed by atoms with Crippen LogP contribution in [0.4, 0.5) is 0 Å². The second-order valence-electron chi connectivity index (χ2n) is 25.6. The number of quaternary nitrogens is 1. The monoisotopic (exact) mass is 1110 g/mol. The van der Waals surface area contributed by atoms with Crippen LogP contribution < -0.4 is 5.32 Å². The molecule has 0 aromatic carbocycles. The minimum Gasteiger partial charge on any atom is -0.391 e. The van der Waals surface area contributed by atoms with E-state index >= 15 is 0 Å². The van der Waals surface area contributed by atoms with Crippen LogP contribution in [0.15, 0.2) is 0 Å². The fourth-order valence-electron chi connectivity index (χ4n) is 11.2. The number of unbranched alkanes of at least 4 members (excludes halogenated alkanes) is 53. The second-order valence-corrected chi connectivity index (χ2v) is 27.1. The Hall–Kier alpha value is -0.500. The van der Waals surface area contributed by atoms with E-state index in [4.69, 9.17) is 9.05 Å². The number of likely N-dealkylation sites (N-methyl/N-ethyl adjacent to an activating group) is 1. The van der Waals surface area contributed by atoms with E-state index in [0.29, 0.717) is 23.9 Å². The van der Waals surface area contributed by atoms with Gasteiger partial charge in [0.25, 0.3) is 0 Å². The van der Waals surface area contributed by atoms with E-state index in [1.807, 2.05) is 21.1 Å². The Morgan fingerprint density at radius 2 is 0.623 bits per heavy atom. The van der Waals surface area contributed by atoms with Crippen LogP contribution in [0.3, 0.4) is 0 Å². The average molecular weight is 1110 g/mol. The van der Waals surface area contributed by atoms with Crippen molar-refractivity contribution < 1.29 is 32.9 Å². The summed E-state index contributed by atoms with van der Waals surface area (Å²) in [6.45, 7) is 4.97. The van der Waals surface area contributed by atoms with Gasteiger partial charge in [0.05, 0.1) is 39.9 Å². The van der Waals surface area contributed by atoms with E-state index in [9.17, 15) is 19.4 Å². The second kappa shape index (κ2) is 60.1. The number of aliphatic hydroxyl groups is 1. The van der Waals surface area contributed by atoms with Gasteiger partial charge in [-0.05, 0) is 12.8 Å². The molecule has 0 aromatic heterocycles. The Morgan fingerprint density at radius 3 is 0.870 bits per heavy atom. The predicted octanol–water partition coefficient (Wildman–Crippen LogP) is 21.9. The number of nitrogens with one attached hydrogen (secondary N) is 1. The highest BCUT2D eigenvalue weighted by Gasteiger charge is 2.28. The van der Waals surface area contributed by atoms with Gasteiger partial charge < -0.3 is 19.8 Å². The zero-order valence-electron chi connectivity index (χ0n) is 53.0. The van der Waals surface area contributed by atoms with E-state index in [1.54, 1.807) is 0 Å². The van der Waals surface area contributed by atoms with Crippen molar-refractivity contribution in [3.63, 3.8) is 0 Å². The summed E-state index contributed by atoms with van der Waals surface area (Å²) in [7, 11) is 1.64. The lowest BCUT2D eigenvalue weighted by Crippen LogP contribution is -2.46. The quantitative estimate of drug-likeness (QED) is 0.0318. The van der Waals surface area contributed by atoms with Crippen LogP contribution >= 0.6 is 7.82 Å². The van der Waals surface area contributed by atoms with Crippen molar-refractivity contribution in [3.05, 3.63) is 0 Å². The lowest BCUT2D eigenvalue weighted by Gasteiger charge is -2.26. The molecule has 0 bridgehead atoms. The van der Waals surface area contributed by atoms with E-state index in [2.05, 4.69) is 19.2 Å². The first-order chi connectivity index (χ1) is 37.5. The maximum Gasteiger partial charge on any atom is 0.472 e. The van der Waals surface area contributed by atoms with Crippen LogP contribution in [0.25, 0.3) is 0 Å². The Labute approximate surface area is 482 Å². The van der Waals surface area contributed by atoms with Gasteiger partial charge in [-0.3, -0.25) is 13.8 Å². The Bertz CT molecular complexity index is 1220. The molecule has 0 rings (SSSR count). The highest BCUT2D eigenvalue weighted by molar-refractivity contribution is 7.47. The van der Waals surface area contributed by atoms with Gasteiger partial charge in [0.15, 0.2) is 0 Å². The Morgan fingerprint density at radius 1 is 0.390 bits per heavy atom. The number of carbonyl (C=O) groups is 1. The molecule has 0 saturated carbocycles. The summed E-state index contributed by atoms with van der Waals surface area (Å²) in [4.78, 5) is 23.4. The number of phosphoric acid groups is 1. The van der Waals surface area contributed by atoms with E-state index in [-0.39, 0.29) is 19.1 Å². The fourth-order valence-corrected chi connectivity index (χ4v) is 11.9. The van der Waals surface area contributed by atoms with Gasteiger partial charge in [-0.1, -0.05) is 361 Å². The Kier molecular flexibility index (Phi) is 59.7. The molecule has 0 fully saturated rings. The van der Waals surface area contributed by atoms with Gasteiger partial charge in [-0.2, -0.15) is 0 Å². The van der Waals surface area contributed by atoms with Gasteiger partial charge in [-0.15, -0.1) is 0 Å². The third-order valence-corrected chi connectivity index (χ3v) is 17.6. The summed E-state index contributed by atoms with van der Waals surface area (Å²) >= 11 is 0. The number of hydrogen-bond donors (Lipinski definition) is 3. The lowest BCUT2D eigenvalue weighted by atomic mass is 10.0. The van der Waals surface area contributed by atoms with E-state index in [0.717, 1.165) is 38.5 Å². The molecule has 3 atom stereocenters. The SMILES string of the molecule is CCCCCCCCCCCCCCCCCCCCCCCCCCCCCCCCCCC(O)C(COP(=O)(O)OCC[N+](C)(C)C)NC(=O)CCCCCCCCCCCCCCCCCCCCCCCCC. The summed E-state index contributed by atoms with van der Waals surface area (Å²) in [5, 5.41) is 14.2. The fraction of sp³-hybridized carbons (Fsp3) is 0.985. The molecule has 0 heterocycles. The lowest BCUT2D eigenvalue weighted by molar-refractivity contribution is -0.870. The first kappa shape index (κ1) is 76.5. The predicted molar refractivity (Wildman–Crippen MR) is 337 cm³/mol. The van der Waals surface area contributed by atoms with Crippen LogP contribution in [0, 0.1) is 0 Å². The molecule has 0 spiro atoms. The van der Waals surface area contributed by atoms with Crippen LogP contribution in [0.2, 0.25) is 0 Å². The summed E-state index contributed by atoms with van der Waals surface area (Å²) in [5.41, 5.74) is 0. The van der Waals surface area contributed by atoms with Crippen LogP contribution in [-0.2, 0) is 18.4 Å². The highest BCUT2D eigenvalue weighted by Crippen LogP contribution is 2.43. The zero-order chi connectivity index (χ0) is 56.3. The molecule has 3 N–H and O–H groups in total. The third-order valence-electron chi connectivity index (χ3n) is 16.6. The minimum absolute atomic E-state index is 0.0795. The minimum atomic E-state index is -4.32. The van der Waals surface area contributed by atoms with Crippen molar-refractivity contribution in [2.24, 2.45) is 0 Å². The molecule has 8 nitrogen and oxygen atoms in total. The molecule has 0 saturated heterocycles. The van der Waals surface area contributed by atoms with Gasteiger partial charge >= 0.3 is 7.82 Å². The number of nitrogens with zero attached hydrogens (tertiary/aromatic N) is 1. The molecule has 0 aliphatic rings. The number of amides is 1. The molecule has 462 valence electrons. The van der Waals surface area contributed by atoms with Crippen molar-refractivity contribution in [2.45, 2.75) is 392 Å². The molecule has 9 heteroatoms. The van der Waals surface area contributed by atoms with Gasteiger partial charge in [0.2, 0.25) is 5.91 Å². The molecular formula is C68H140N2O6P+. The Balaban J connectivity index is 3.97.